The third-order valence-electron chi connectivity index (χ3n) is 4.31. The monoisotopic (exact) mass is 283 g/mol. The molecule has 0 bridgehead atoms. The molecule has 0 saturated carbocycles. The number of nitrogens with zero attached hydrogens (tertiary/aromatic N) is 3. The Bertz CT molecular complexity index is 686. The van der Waals surface area contributed by atoms with E-state index in [0.29, 0.717) is 6.04 Å². The quantitative estimate of drug-likeness (QED) is 0.869. The number of likely N-dealkylation sites (tertiary alicyclic amines) is 1. The van der Waals surface area contributed by atoms with E-state index in [4.69, 9.17) is 0 Å². The number of hydrogen-bond acceptors (Lipinski definition) is 3. The molecule has 1 aromatic carbocycles. The molecule has 0 radical (unpaired) electrons. The largest absolute Gasteiger partial charge is 0.297 e. The van der Waals surface area contributed by atoms with Crippen molar-refractivity contribution >= 4 is 0 Å². The molecule has 2 heterocycles. The Balaban J connectivity index is 1.91. The van der Waals surface area contributed by atoms with Gasteiger partial charge in [-0.05, 0) is 50.6 Å². The summed E-state index contributed by atoms with van der Waals surface area (Å²) in [6, 6.07) is 12.3. The zero-order valence-electron chi connectivity index (χ0n) is 12.6. The lowest BCUT2D eigenvalue weighted by molar-refractivity contribution is 0.263. The van der Waals surface area contributed by atoms with Crippen LogP contribution in [0.15, 0.2) is 41.2 Å². The van der Waals surface area contributed by atoms with Gasteiger partial charge in [-0.1, -0.05) is 18.2 Å². The van der Waals surface area contributed by atoms with Gasteiger partial charge in [0.1, 0.15) is 0 Å². The Hall–Kier alpha value is -1.94. The fraction of sp³-hybridized carbons (Fsp3) is 0.412. The van der Waals surface area contributed by atoms with Crippen LogP contribution in [-0.2, 0) is 7.05 Å². The minimum Gasteiger partial charge on any atom is -0.297 e. The van der Waals surface area contributed by atoms with Crippen LogP contribution >= 0.6 is 0 Å². The van der Waals surface area contributed by atoms with Crippen molar-refractivity contribution in [1.29, 1.82) is 0 Å². The molecule has 1 fully saturated rings. The first kappa shape index (κ1) is 14.0. The third-order valence-corrected chi connectivity index (χ3v) is 4.31. The summed E-state index contributed by atoms with van der Waals surface area (Å²) in [6.07, 6.45) is 2.60. The zero-order valence-corrected chi connectivity index (χ0v) is 12.6. The predicted octanol–water partition coefficient (Wildman–Crippen LogP) is 2.60. The van der Waals surface area contributed by atoms with E-state index >= 15 is 0 Å². The Labute approximate surface area is 125 Å². The van der Waals surface area contributed by atoms with E-state index in [0.717, 1.165) is 11.3 Å². The first-order valence-electron chi connectivity index (χ1n) is 7.54. The van der Waals surface area contributed by atoms with Gasteiger partial charge in [0, 0.05) is 24.7 Å². The molecular formula is C17H21N3O. The molecule has 4 nitrogen and oxygen atoms in total. The van der Waals surface area contributed by atoms with E-state index in [1.807, 2.05) is 6.07 Å². The summed E-state index contributed by atoms with van der Waals surface area (Å²) in [5.41, 5.74) is 3.13. The topological polar surface area (TPSA) is 38.1 Å². The highest BCUT2D eigenvalue weighted by Gasteiger charge is 2.19. The van der Waals surface area contributed by atoms with Crippen LogP contribution in [0, 0.1) is 0 Å². The standard InChI is InChI=1S/C17H21N3O/c1-13(20-10-3-4-11-20)14-6-5-7-15(12-14)16-8-9-17(21)19(2)18-16/h5-9,12-13H,3-4,10-11H2,1-2H3. The smallest absolute Gasteiger partial charge is 0.266 e. The van der Waals surface area contributed by atoms with Crippen LogP contribution in [0.1, 0.15) is 31.4 Å². The van der Waals surface area contributed by atoms with Gasteiger partial charge in [0.25, 0.3) is 5.56 Å². The molecule has 1 aliphatic rings. The summed E-state index contributed by atoms with van der Waals surface area (Å²) in [6.45, 7) is 4.63. The molecule has 1 atom stereocenters. The molecule has 1 saturated heterocycles. The summed E-state index contributed by atoms with van der Waals surface area (Å²) < 4.78 is 1.38. The average Bonchev–Trinajstić information content (AvgIpc) is 3.04. The second kappa shape index (κ2) is 5.82. The summed E-state index contributed by atoms with van der Waals surface area (Å²) >= 11 is 0. The Morgan fingerprint density at radius 2 is 1.90 bits per heavy atom. The van der Waals surface area contributed by atoms with Crippen LogP contribution in [-0.4, -0.2) is 27.8 Å². The third kappa shape index (κ3) is 2.90. The second-order valence-electron chi connectivity index (χ2n) is 5.72. The number of rotatable bonds is 3. The normalized spacial score (nSPS) is 17.0. The van der Waals surface area contributed by atoms with E-state index in [2.05, 4.69) is 35.1 Å². The summed E-state index contributed by atoms with van der Waals surface area (Å²) in [7, 11) is 1.68. The highest BCUT2D eigenvalue weighted by molar-refractivity contribution is 5.59. The highest BCUT2D eigenvalue weighted by Crippen LogP contribution is 2.27. The van der Waals surface area contributed by atoms with Crippen LogP contribution in [0.5, 0.6) is 0 Å². The molecule has 0 spiro atoms. The van der Waals surface area contributed by atoms with Crippen molar-refractivity contribution in [2.75, 3.05) is 13.1 Å². The molecule has 1 unspecified atom stereocenters. The molecule has 1 aromatic heterocycles. The molecule has 3 rings (SSSR count). The molecule has 4 heteroatoms. The molecule has 1 aliphatic heterocycles. The van der Waals surface area contributed by atoms with Crippen LogP contribution in [0.3, 0.4) is 0 Å². The maximum atomic E-state index is 11.4. The van der Waals surface area contributed by atoms with Gasteiger partial charge >= 0.3 is 0 Å². The molecule has 21 heavy (non-hydrogen) atoms. The lowest BCUT2D eigenvalue weighted by atomic mass is 10.0. The van der Waals surface area contributed by atoms with Gasteiger partial charge in [0.2, 0.25) is 0 Å². The Morgan fingerprint density at radius 3 is 2.62 bits per heavy atom. The van der Waals surface area contributed by atoms with Crippen molar-refractivity contribution in [2.24, 2.45) is 7.05 Å². The van der Waals surface area contributed by atoms with E-state index in [-0.39, 0.29) is 5.56 Å². The lowest BCUT2D eigenvalue weighted by Crippen LogP contribution is -2.23. The van der Waals surface area contributed by atoms with Crippen LogP contribution in [0.2, 0.25) is 0 Å². The van der Waals surface area contributed by atoms with Gasteiger partial charge in [0.05, 0.1) is 5.69 Å². The van der Waals surface area contributed by atoms with Gasteiger partial charge in [-0.2, -0.15) is 5.10 Å². The molecule has 0 amide bonds. The highest BCUT2D eigenvalue weighted by atomic mass is 16.1. The second-order valence-corrected chi connectivity index (χ2v) is 5.72. The van der Waals surface area contributed by atoms with Crippen molar-refractivity contribution in [1.82, 2.24) is 14.7 Å². The van der Waals surface area contributed by atoms with E-state index in [9.17, 15) is 4.79 Å². The first-order valence-corrected chi connectivity index (χ1v) is 7.54. The summed E-state index contributed by atoms with van der Waals surface area (Å²) in [5, 5.41) is 4.33. The minimum absolute atomic E-state index is 0.0830. The zero-order chi connectivity index (χ0) is 14.8. The van der Waals surface area contributed by atoms with Crippen LogP contribution in [0.25, 0.3) is 11.3 Å². The van der Waals surface area contributed by atoms with Crippen molar-refractivity contribution in [3.8, 4) is 11.3 Å². The van der Waals surface area contributed by atoms with Gasteiger partial charge < -0.3 is 0 Å². The number of hydrogen-bond donors (Lipinski definition) is 0. The van der Waals surface area contributed by atoms with Gasteiger partial charge in [-0.3, -0.25) is 9.69 Å². The number of benzene rings is 1. The summed E-state index contributed by atoms with van der Waals surface area (Å²) in [5.74, 6) is 0. The molecule has 0 aliphatic carbocycles. The molecule has 110 valence electrons. The fourth-order valence-corrected chi connectivity index (χ4v) is 2.95. The van der Waals surface area contributed by atoms with E-state index < -0.39 is 0 Å². The SMILES string of the molecule is CC(c1cccc(-c2ccc(=O)n(C)n2)c1)N1CCCC1. The summed E-state index contributed by atoms with van der Waals surface area (Å²) in [4.78, 5) is 14.0. The Morgan fingerprint density at radius 1 is 1.14 bits per heavy atom. The van der Waals surface area contributed by atoms with Gasteiger partial charge in [-0.15, -0.1) is 0 Å². The van der Waals surface area contributed by atoms with Crippen LogP contribution in [0.4, 0.5) is 0 Å². The van der Waals surface area contributed by atoms with Gasteiger partial charge in [0.15, 0.2) is 0 Å². The fourth-order valence-electron chi connectivity index (χ4n) is 2.95. The average molecular weight is 283 g/mol. The van der Waals surface area contributed by atoms with Crippen LogP contribution < -0.4 is 5.56 Å². The first-order chi connectivity index (χ1) is 10.1. The molecular weight excluding hydrogens is 262 g/mol. The molecule has 2 aromatic rings. The predicted molar refractivity (Wildman–Crippen MR) is 84.1 cm³/mol. The Kier molecular flexibility index (Phi) is 3.88. The number of aryl methyl sites for hydroxylation is 1. The maximum absolute atomic E-state index is 11.4. The van der Waals surface area contributed by atoms with Crippen molar-refractivity contribution in [2.45, 2.75) is 25.8 Å². The van der Waals surface area contributed by atoms with E-state index in [1.54, 1.807) is 19.2 Å². The van der Waals surface area contributed by atoms with Crippen molar-refractivity contribution in [3.05, 3.63) is 52.3 Å². The van der Waals surface area contributed by atoms with Crippen molar-refractivity contribution < 1.29 is 0 Å². The minimum atomic E-state index is -0.0830. The van der Waals surface area contributed by atoms with E-state index in [1.165, 1.54) is 36.2 Å². The maximum Gasteiger partial charge on any atom is 0.266 e. The van der Waals surface area contributed by atoms with Crippen molar-refractivity contribution in [3.63, 3.8) is 0 Å². The number of aromatic nitrogens is 2. The molecule has 0 N–H and O–H groups in total. The lowest BCUT2D eigenvalue weighted by Gasteiger charge is -2.24. The van der Waals surface area contributed by atoms with Gasteiger partial charge in [-0.25, -0.2) is 4.68 Å².